The maximum absolute atomic E-state index is 13.8. The molecule has 0 aromatic heterocycles. The van der Waals surface area contributed by atoms with Crippen LogP contribution in [0.2, 0.25) is 5.02 Å². The number of halogens is 2. The van der Waals surface area contributed by atoms with Gasteiger partial charge in [0.1, 0.15) is 18.2 Å². The standard InChI is InChI=1S/C21H26ClFN2O/c1-2-25-12-4-5-17(25)14-24-13-16-8-10-18(11-9-16)26-15-19-20(22)6-3-7-21(19)23/h3,6-11,17,24H,2,4-5,12-15H2,1H3/t17-/m0/s1. The van der Waals surface area contributed by atoms with Gasteiger partial charge in [0.15, 0.2) is 0 Å². The van der Waals surface area contributed by atoms with E-state index in [4.69, 9.17) is 16.3 Å². The number of ether oxygens (including phenoxy) is 1. The number of nitrogens with one attached hydrogen (secondary N) is 1. The number of nitrogens with zero attached hydrogens (tertiary/aromatic N) is 1. The maximum Gasteiger partial charge on any atom is 0.131 e. The molecule has 3 nitrogen and oxygen atoms in total. The molecule has 2 aromatic rings. The van der Waals surface area contributed by atoms with Crippen LogP contribution in [0.1, 0.15) is 30.9 Å². The Morgan fingerprint density at radius 3 is 2.77 bits per heavy atom. The van der Waals surface area contributed by atoms with Gasteiger partial charge in [0, 0.05) is 24.7 Å². The van der Waals surface area contributed by atoms with Crippen LogP contribution in [0, 0.1) is 5.82 Å². The van der Waals surface area contributed by atoms with Gasteiger partial charge in [-0.2, -0.15) is 0 Å². The Labute approximate surface area is 160 Å². The number of benzene rings is 2. The first-order valence-corrected chi connectivity index (χ1v) is 9.64. The summed E-state index contributed by atoms with van der Waals surface area (Å²) in [5.74, 6) is 0.368. The summed E-state index contributed by atoms with van der Waals surface area (Å²) in [6.07, 6.45) is 2.59. The van der Waals surface area contributed by atoms with Gasteiger partial charge in [-0.25, -0.2) is 4.39 Å². The molecule has 1 aliphatic rings. The van der Waals surface area contributed by atoms with E-state index in [9.17, 15) is 4.39 Å². The minimum atomic E-state index is -0.341. The van der Waals surface area contributed by atoms with Crippen LogP contribution in [0.4, 0.5) is 4.39 Å². The summed E-state index contributed by atoms with van der Waals surface area (Å²) in [5, 5.41) is 3.94. The quantitative estimate of drug-likeness (QED) is 0.726. The van der Waals surface area contributed by atoms with E-state index in [0.717, 1.165) is 19.6 Å². The number of hydrogen-bond donors (Lipinski definition) is 1. The lowest BCUT2D eigenvalue weighted by molar-refractivity contribution is 0.260. The molecule has 1 fully saturated rings. The zero-order valence-electron chi connectivity index (χ0n) is 15.2. The van der Waals surface area contributed by atoms with Crippen LogP contribution in [0.15, 0.2) is 42.5 Å². The monoisotopic (exact) mass is 376 g/mol. The van der Waals surface area contributed by atoms with Gasteiger partial charge in [-0.05, 0) is 55.8 Å². The molecule has 0 radical (unpaired) electrons. The largest absolute Gasteiger partial charge is 0.489 e. The Hall–Kier alpha value is -1.62. The molecule has 0 unspecified atom stereocenters. The molecule has 0 bridgehead atoms. The van der Waals surface area contributed by atoms with E-state index in [2.05, 4.69) is 17.1 Å². The van der Waals surface area contributed by atoms with Gasteiger partial charge < -0.3 is 10.1 Å². The molecule has 26 heavy (non-hydrogen) atoms. The molecule has 1 aliphatic heterocycles. The van der Waals surface area contributed by atoms with Crippen LogP contribution < -0.4 is 10.1 Å². The number of likely N-dealkylation sites (N-methyl/N-ethyl adjacent to an activating group) is 1. The number of rotatable bonds is 8. The molecule has 0 aliphatic carbocycles. The van der Waals surface area contributed by atoms with Crippen molar-refractivity contribution in [1.82, 2.24) is 10.2 Å². The van der Waals surface area contributed by atoms with Gasteiger partial charge in [-0.3, -0.25) is 4.90 Å². The minimum Gasteiger partial charge on any atom is -0.489 e. The molecule has 1 saturated heterocycles. The molecular formula is C21H26ClFN2O. The van der Waals surface area contributed by atoms with Crippen LogP contribution in [0.5, 0.6) is 5.75 Å². The second kappa shape index (κ2) is 9.36. The molecule has 1 heterocycles. The van der Waals surface area contributed by atoms with Crippen LogP contribution in [-0.4, -0.2) is 30.6 Å². The summed E-state index contributed by atoms with van der Waals surface area (Å²) >= 11 is 6.02. The molecule has 3 rings (SSSR count). The van der Waals surface area contributed by atoms with E-state index in [0.29, 0.717) is 22.4 Å². The second-order valence-electron chi connectivity index (χ2n) is 6.69. The average molecular weight is 377 g/mol. The highest BCUT2D eigenvalue weighted by Crippen LogP contribution is 2.22. The van der Waals surface area contributed by atoms with E-state index in [1.807, 2.05) is 24.3 Å². The zero-order chi connectivity index (χ0) is 18.4. The van der Waals surface area contributed by atoms with Crippen LogP contribution in [-0.2, 0) is 13.2 Å². The van der Waals surface area contributed by atoms with Gasteiger partial charge >= 0.3 is 0 Å². The smallest absolute Gasteiger partial charge is 0.131 e. The Morgan fingerprint density at radius 1 is 1.23 bits per heavy atom. The summed E-state index contributed by atoms with van der Waals surface area (Å²) in [7, 11) is 0. The lowest BCUT2D eigenvalue weighted by Crippen LogP contribution is -2.37. The van der Waals surface area contributed by atoms with Crippen molar-refractivity contribution in [2.75, 3.05) is 19.6 Å². The van der Waals surface area contributed by atoms with E-state index in [1.165, 1.54) is 31.0 Å². The highest BCUT2D eigenvalue weighted by atomic mass is 35.5. The van der Waals surface area contributed by atoms with Gasteiger partial charge in [0.25, 0.3) is 0 Å². The molecular weight excluding hydrogens is 351 g/mol. The Kier molecular flexibility index (Phi) is 6.89. The van der Waals surface area contributed by atoms with Gasteiger partial charge in [0.2, 0.25) is 0 Å². The first kappa shape index (κ1) is 19.2. The molecule has 1 N–H and O–H groups in total. The third-order valence-corrected chi connectivity index (χ3v) is 5.34. The van der Waals surface area contributed by atoms with E-state index >= 15 is 0 Å². The number of hydrogen-bond acceptors (Lipinski definition) is 3. The number of likely N-dealkylation sites (tertiary alicyclic amines) is 1. The summed E-state index contributed by atoms with van der Waals surface area (Å²) in [6, 6.07) is 13.2. The first-order valence-electron chi connectivity index (χ1n) is 9.26. The van der Waals surface area contributed by atoms with Crippen molar-refractivity contribution in [1.29, 1.82) is 0 Å². The molecule has 140 valence electrons. The van der Waals surface area contributed by atoms with E-state index in [-0.39, 0.29) is 12.4 Å². The normalized spacial score (nSPS) is 17.6. The molecule has 2 aromatic carbocycles. The molecule has 0 amide bonds. The zero-order valence-corrected chi connectivity index (χ0v) is 15.9. The molecule has 1 atom stereocenters. The van der Waals surface area contributed by atoms with Crippen molar-refractivity contribution < 1.29 is 9.13 Å². The summed E-state index contributed by atoms with van der Waals surface area (Å²) in [6.45, 7) is 6.57. The van der Waals surface area contributed by atoms with Crippen molar-refractivity contribution in [3.05, 3.63) is 64.4 Å². The first-order chi connectivity index (χ1) is 12.7. The van der Waals surface area contributed by atoms with Crippen molar-refractivity contribution in [3.63, 3.8) is 0 Å². The van der Waals surface area contributed by atoms with E-state index < -0.39 is 0 Å². The topological polar surface area (TPSA) is 24.5 Å². The average Bonchev–Trinajstić information content (AvgIpc) is 3.10. The van der Waals surface area contributed by atoms with Gasteiger partial charge in [0.05, 0.1) is 5.02 Å². The van der Waals surface area contributed by atoms with Crippen LogP contribution >= 0.6 is 11.6 Å². The highest BCUT2D eigenvalue weighted by molar-refractivity contribution is 6.31. The van der Waals surface area contributed by atoms with Crippen molar-refractivity contribution >= 4 is 11.6 Å². The minimum absolute atomic E-state index is 0.123. The Morgan fingerprint density at radius 2 is 2.04 bits per heavy atom. The molecule has 0 spiro atoms. The van der Waals surface area contributed by atoms with E-state index in [1.54, 1.807) is 12.1 Å². The van der Waals surface area contributed by atoms with Crippen molar-refractivity contribution in [2.24, 2.45) is 0 Å². The summed E-state index contributed by atoms with van der Waals surface area (Å²) in [5.41, 5.74) is 1.60. The highest BCUT2D eigenvalue weighted by Gasteiger charge is 2.21. The molecule has 5 heteroatoms. The SMILES string of the molecule is CCN1CCC[C@H]1CNCc1ccc(OCc2c(F)cccc2Cl)cc1. The van der Waals surface area contributed by atoms with Gasteiger partial charge in [-0.1, -0.05) is 36.7 Å². The lowest BCUT2D eigenvalue weighted by atomic mass is 10.2. The van der Waals surface area contributed by atoms with Crippen molar-refractivity contribution in [2.45, 2.75) is 39.0 Å². The fourth-order valence-corrected chi connectivity index (χ4v) is 3.67. The lowest BCUT2D eigenvalue weighted by Gasteiger charge is -2.23. The van der Waals surface area contributed by atoms with Crippen molar-refractivity contribution in [3.8, 4) is 5.75 Å². The summed E-state index contributed by atoms with van der Waals surface area (Å²) < 4.78 is 19.4. The fourth-order valence-electron chi connectivity index (χ4n) is 3.46. The Balaban J connectivity index is 1.46. The second-order valence-corrected chi connectivity index (χ2v) is 7.10. The third-order valence-electron chi connectivity index (χ3n) is 4.98. The fraction of sp³-hybridized carbons (Fsp3) is 0.429. The Bertz CT molecular complexity index is 687. The third kappa shape index (κ3) is 4.97. The van der Waals surface area contributed by atoms with Crippen LogP contribution in [0.3, 0.4) is 0 Å². The predicted molar refractivity (Wildman–Crippen MR) is 104 cm³/mol. The van der Waals surface area contributed by atoms with Crippen LogP contribution in [0.25, 0.3) is 0 Å². The van der Waals surface area contributed by atoms with Gasteiger partial charge in [-0.15, -0.1) is 0 Å². The predicted octanol–water partition coefficient (Wildman–Crippen LogP) is 4.63. The summed E-state index contributed by atoms with van der Waals surface area (Å²) in [4.78, 5) is 2.54. The molecule has 0 saturated carbocycles. The maximum atomic E-state index is 13.8.